The van der Waals surface area contributed by atoms with E-state index in [-0.39, 0.29) is 5.91 Å². The van der Waals surface area contributed by atoms with Crippen LogP contribution in [0.15, 0.2) is 24.3 Å². The molecule has 1 aliphatic rings. The molecule has 0 spiro atoms. The molecule has 104 valence electrons. The lowest BCUT2D eigenvalue weighted by Gasteiger charge is -2.16. The number of nitrogens with one attached hydrogen (secondary N) is 1. The van der Waals surface area contributed by atoms with Gasteiger partial charge >= 0.3 is 0 Å². The summed E-state index contributed by atoms with van der Waals surface area (Å²) in [5, 5.41) is 0. The van der Waals surface area contributed by atoms with Gasteiger partial charge in [0.05, 0.1) is 0 Å². The molecule has 3 N–H and O–H groups in total. The molecule has 0 aliphatic carbocycles. The van der Waals surface area contributed by atoms with Crippen molar-refractivity contribution < 1.29 is 4.79 Å². The van der Waals surface area contributed by atoms with Crippen LogP contribution >= 0.6 is 0 Å². The summed E-state index contributed by atoms with van der Waals surface area (Å²) in [4.78, 5) is 13.8. The smallest absolute Gasteiger partial charge is 0.265 e. The van der Waals surface area contributed by atoms with Crippen LogP contribution in [0.1, 0.15) is 42.1 Å². The number of nitrogens with two attached hydrogens (primary N) is 1. The lowest BCUT2D eigenvalue weighted by molar-refractivity contribution is 0.0953. The molecule has 2 rings (SSSR count). The Morgan fingerprint density at radius 1 is 1.42 bits per heavy atom. The minimum absolute atomic E-state index is 0.240. The molecule has 1 aromatic carbocycles. The number of carbonyl (C=O) groups excluding carboxylic acids is 1. The highest BCUT2D eigenvalue weighted by Crippen LogP contribution is 2.22. The maximum atomic E-state index is 11.3. The molecule has 1 atom stereocenters. The van der Waals surface area contributed by atoms with E-state index < -0.39 is 0 Å². The minimum Gasteiger partial charge on any atom is -0.299 e. The maximum Gasteiger partial charge on any atom is 0.265 e. The molecule has 0 bridgehead atoms. The number of carbonyl (C=O) groups is 1. The zero-order valence-electron chi connectivity index (χ0n) is 11.6. The average molecular weight is 261 g/mol. The summed E-state index contributed by atoms with van der Waals surface area (Å²) in [7, 11) is 0. The number of nitrogen functional groups attached to an aromatic ring is 1. The number of hydrazine groups is 1. The monoisotopic (exact) mass is 261 g/mol. The molecule has 1 fully saturated rings. The Bertz CT molecular complexity index is 416. The summed E-state index contributed by atoms with van der Waals surface area (Å²) in [6.07, 6.45) is 3.94. The van der Waals surface area contributed by atoms with Crippen LogP contribution in [0.25, 0.3) is 0 Å². The summed E-state index contributed by atoms with van der Waals surface area (Å²) in [6.45, 7) is 5.63. The second kappa shape index (κ2) is 6.68. The normalized spacial score (nSPS) is 19.6. The third-order valence-electron chi connectivity index (χ3n) is 3.82. The van der Waals surface area contributed by atoms with Gasteiger partial charge in [0.1, 0.15) is 0 Å². The van der Waals surface area contributed by atoms with E-state index in [9.17, 15) is 4.79 Å². The van der Waals surface area contributed by atoms with Gasteiger partial charge in [-0.1, -0.05) is 25.5 Å². The molecule has 1 amide bonds. The van der Waals surface area contributed by atoms with E-state index in [0.717, 1.165) is 12.5 Å². The van der Waals surface area contributed by atoms with Gasteiger partial charge in [-0.15, -0.1) is 0 Å². The molecule has 0 radical (unpaired) electrons. The Hall–Kier alpha value is -1.39. The molecule has 1 saturated heterocycles. The first kappa shape index (κ1) is 14.0. The summed E-state index contributed by atoms with van der Waals surface area (Å²) < 4.78 is 0. The van der Waals surface area contributed by atoms with Gasteiger partial charge in [0, 0.05) is 18.7 Å². The topological polar surface area (TPSA) is 58.4 Å². The van der Waals surface area contributed by atoms with E-state index >= 15 is 0 Å². The number of likely N-dealkylation sites (tertiary alicyclic amines) is 1. The number of amides is 1. The molecule has 0 saturated carbocycles. The Morgan fingerprint density at radius 2 is 2.16 bits per heavy atom. The van der Waals surface area contributed by atoms with E-state index in [1.807, 2.05) is 24.3 Å². The van der Waals surface area contributed by atoms with Crippen LogP contribution in [0.2, 0.25) is 0 Å². The first-order valence-corrected chi connectivity index (χ1v) is 7.05. The van der Waals surface area contributed by atoms with E-state index in [1.54, 1.807) is 0 Å². The fraction of sp³-hybridized carbons (Fsp3) is 0.533. The van der Waals surface area contributed by atoms with Crippen molar-refractivity contribution in [3.63, 3.8) is 0 Å². The molecule has 4 nitrogen and oxygen atoms in total. The van der Waals surface area contributed by atoms with Gasteiger partial charge in [-0.25, -0.2) is 5.84 Å². The van der Waals surface area contributed by atoms with Crippen LogP contribution < -0.4 is 11.3 Å². The summed E-state index contributed by atoms with van der Waals surface area (Å²) >= 11 is 0. The van der Waals surface area contributed by atoms with Gasteiger partial charge in [0.15, 0.2) is 0 Å². The zero-order chi connectivity index (χ0) is 13.7. The van der Waals surface area contributed by atoms with Crippen LogP contribution in [-0.2, 0) is 6.54 Å². The van der Waals surface area contributed by atoms with Gasteiger partial charge in [-0.2, -0.15) is 0 Å². The molecule has 1 heterocycles. The van der Waals surface area contributed by atoms with Gasteiger partial charge in [0.25, 0.3) is 5.91 Å². The quantitative estimate of drug-likeness (QED) is 0.483. The lowest BCUT2D eigenvalue weighted by Crippen LogP contribution is -2.29. The standard InChI is InChI=1S/C15H23N3O/c1-2-3-12-8-9-18(10-12)11-13-4-6-14(7-5-13)15(19)17-16/h4-7,12H,2-3,8-11,16H2,1H3,(H,17,19). The van der Waals surface area contributed by atoms with Crippen LogP contribution in [0.3, 0.4) is 0 Å². The number of rotatable bonds is 5. The first-order valence-electron chi connectivity index (χ1n) is 7.05. The number of benzene rings is 1. The van der Waals surface area contributed by atoms with Crippen molar-refractivity contribution in [3.05, 3.63) is 35.4 Å². The largest absolute Gasteiger partial charge is 0.299 e. The van der Waals surface area contributed by atoms with Crippen molar-refractivity contribution in [1.29, 1.82) is 0 Å². The van der Waals surface area contributed by atoms with Crippen molar-refractivity contribution in [3.8, 4) is 0 Å². The second-order valence-electron chi connectivity index (χ2n) is 5.35. The molecule has 4 heteroatoms. The molecule has 1 aromatic rings. The zero-order valence-corrected chi connectivity index (χ0v) is 11.6. The Labute approximate surface area is 114 Å². The Balaban J connectivity index is 1.88. The van der Waals surface area contributed by atoms with Crippen molar-refractivity contribution in [1.82, 2.24) is 10.3 Å². The predicted molar refractivity (Wildman–Crippen MR) is 76.4 cm³/mol. The fourth-order valence-corrected chi connectivity index (χ4v) is 2.80. The van der Waals surface area contributed by atoms with Crippen molar-refractivity contribution in [2.75, 3.05) is 13.1 Å². The molecule has 1 unspecified atom stereocenters. The van der Waals surface area contributed by atoms with E-state index in [0.29, 0.717) is 5.56 Å². The van der Waals surface area contributed by atoms with E-state index in [2.05, 4.69) is 17.2 Å². The average Bonchev–Trinajstić information content (AvgIpc) is 2.86. The van der Waals surface area contributed by atoms with Crippen LogP contribution in [-0.4, -0.2) is 23.9 Å². The van der Waals surface area contributed by atoms with E-state index in [1.165, 1.54) is 37.9 Å². The molecule has 1 aliphatic heterocycles. The van der Waals surface area contributed by atoms with Gasteiger partial charge in [-0.05, 0) is 43.0 Å². The van der Waals surface area contributed by atoms with Crippen LogP contribution in [0.4, 0.5) is 0 Å². The number of hydrogen-bond donors (Lipinski definition) is 2. The molecular formula is C15H23N3O. The first-order chi connectivity index (χ1) is 9.22. The highest BCUT2D eigenvalue weighted by molar-refractivity contribution is 5.93. The molecular weight excluding hydrogens is 238 g/mol. The van der Waals surface area contributed by atoms with Crippen molar-refractivity contribution >= 4 is 5.91 Å². The number of hydrogen-bond acceptors (Lipinski definition) is 3. The third-order valence-corrected chi connectivity index (χ3v) is 3.82. The van der Waals surface area contributed by atoms with Crippen LogP contribution in [0, 0.1) is 5.92 Å². The van der Waals surface area contributed by atoms with Crippen LogP contribution in [0.5, 0.6) is 0 Å². The Morgan fingerprint density at radius 3 is 2.79 bits per heavy atom. The van der Waals surface area contributed by atoms with Crippen molar-refractivity contribution in [2.24, 2.45) is 11.8 Å². The predicted octanol–water partition coefficient (Wildman–Crippen LogP) is 1.91. The van der Waals surface area contributed by atoms with Gasteiger partial charge in [0.2, 0.25) is 0 Å². The number of nitrogens with zero attached hydrogens (tertiary/aromatic N) is 1. The van der Waals surface area contributed by atoms with E-state index in [4.69, 9.17) is 5.84 Å². The second-order valence-corrected chi connectivity index (χ2v) is 5.35. The minimum atomic E-state index is -0.240. The molecule has 19 heavy (non-hydrogen) atoms. The Kier molecular flexibility index (Phi) is 4.93. The van der Waals surface area contributed by atoms with Gasteiger partial charge in [-0.3, -0.25) is 15.1 Å². The lowest BCUT2D eigenvalue weighted by atomic mass is 10.0. The third kappa shape index (κ3) is 3.78. The SMILES string of the molecule is CCCC1CCN(Cc2ccc(C(=O)NN)cc2)C1. The highest BCUT2D eigenvalue weighted by atomic mass is 16.2. The summed E-state index contributed by atoms with van der Waals surface area (Å²) in [5.41, 5.74) is 4.01. The summed E-state index contributed by atoms with van der Waals surface area (Å²) in [5.74, 6) is 5.74. The summed E-state index contributed by atoms with van der Waals surface area (Å²) in [6, 6.07) is 7.68. The molecule has 0 aromatic heterocycles. The highest BCUT2D eigenvalue weighted by Gasteiger charge is 2.21. The van der Waals surface area contributed by atoms with Crippen molar-refractivity contribution in [2.45, 2.75) is 32.7 Å². The van der Waals surface area contributed by atoms with Gasteiger partial charge < -0.3 is 0 Å². The maximum absolute atomic E-state index is 11.3. The fourth-order valence-electron chi connectivity index (χ4n) is 2.80.